The molecule has 0 aliphatic carbocycles. The number of ether oxygens (including phenoxy) is 1. The molecule has 1 aromatic heterocycles. The zero-order chi connectivity index (χ0) is 13.0. The van der Waals surface area contributed by atoms with Gasteiger partial charge in [-0.2, -0.15) is 0 Å². The SMILES string of the molecule is CCCOc1cccc(C(Cl)c2ccc(C)s2)c1. The third-order valence-corrected chi connectivity index (χ3v) is 4.32. The predicted molar refractivity (Wildman–Crippen MR) is 79.0 cm³/mol. The van der Waals surface area contributed by atoms with E-state index in [-0.39, 0.29) is 5.38 Å². The Morgan fingerprint density at radius 3 is 2.78 bits per heavy atom. The van der Waals surface area contributed by atoms with Gasteiger partial charge in [-0.25, -0.2) is 0 Å². The highest BCUT2D eigenvalue weighted by molar-refractivity contribution is 7.12. The number of rotatable bonds is 5. The van der Waals surface area contributed by atoms with Gasteiger partial charge in [0, 0.05) is 9.75 Å². The van der Waals surface area contributed by atoms with E-state index in [0.717, 1.165) is 24.3 Å². The van der Waals surface area contributed by atoms with E-state index in [1.54, 1.807) is 11.3 Å². The summed E-state index contributed by atoms with van der Waals surface area (Å²) in [5.74, 6) is 0.897. The zero-order valence-electron chi connectivity index (χ0n) is 10.7. The standard InChI is InChI=1S/C15H17ClOS/c1-3-9-17-13-6-4-5-12(10-13)15(16)14-8-7-11(2)18-14/h4-8,10,15H,3,9H2,1-2H3. The molecule has 2 rings (SSSR count). The second kappa shape index (κ2) is 6.26. The van der Waals surface area contributed by atoms with Crippen LogP contribution in [0.15, 0.2) is 36.4 Å². The van der Waals surface area contributed by atoms with Gasteiger partial charge in [0.05, 0.1) is 12.0 Å². The van der Waals surface area contributed by atoms with Crippen molar-refractivity contribution < 1.29 is 4.74 Å². The number of halogens is 1. The van der Waals surface area contributed by atoms with Crippen LogP contribution in [0.2, 0.25) is 0 Å². The summed E-state index contributed by atoms with van der Waals surface area (Å²) < 4.78 is 5.63. The van der Waals surface area contributed by atoms with Crippen molar-refractivity contribution in [1.82, 2.24) is 0 Å². The first kappa shape index (κ1) is 13.4. The molecule has 0 fully saturated rings. The molecule has 0 aliphatic heterocycles. The summed E-state index contributed by atoms with van der Waals surface area (Å²) in [5, 5.41) is -0.0890. The Labute approximate surface area is 117 Å². The van der Waals surface area contributed by atoms with Crippen molar-refractivity contribution in [2.75, 3.05) is 6.61 Å². The number of hydrogen-bond donors (Lipinski definition) is 0. The van der Waals surface area contributed by atoms with Crippen LogP contribution in [0.3, 0.4) is 0 Å². The molecule has 2 aromatic rings. The molecule has 0 amide bonds. The molecule has 0 bridgehead atoms. The van der Waals surface area contributed by atoms with Crippen molar-refractivity contribution in [2.45, 2.75) is 25.6 Å². The maximum Gasteiger partial charge on any atom is 0.119 e. The van der Waals surface area contributed by atoms with Gasteiger partial charge in [0.2, 0.25) is 0 Å². The van der Waals surface area contributed by atoms with E-state index in [0.29, 0.717) is 0 Å². The molecule has 1 unspecified atom stereocenters. The topological polar surface area (TPSA) is 9.23 Å². The van der Waals surface area contributed by atoms with Crippen LogP contribution in [-0.4, -0.2) is 6.61 Å². The minimum Gasteiger partial charge on any atom is -0.494 e. The van der Waals surface area contributed by atoms with Gasteiger partial charge in [0.25, 0.3) is 0 Å². The number of alkyl halides is 1. The van der Waals surface area contributed by atoms with Gasteiger partial charge in [-0.3, -0.25) is 0 Å². The van der Waals surface area contributed by atoms with Crippen molar-refractivity contribution in [3.63, 3.8) is 0 Å². The highest BCUT2D eigenvalue weighted by Gasteiger charge is 2.13. The van der Waals surface area contributed by atoms with Gasteiger partial charge < -0.3 is 4.74 Å². The maximum absolute atomic E-state index is 6.51. The van der Waals surface area contributed by atoms with Crippen LogP contribution in [0.5, 0.6) is 5.75 Å². The lowest BCUT2D eigenvalue weighted by Gasteiger charge is -2.10. The summed E-state index contributed by atoms with van der Waals surface area (Å²) in [6.45, 7) is 4.94. The Hall–Kier alpha value is -0.990. The van der Waals surface area contributed by atoms with E-state index in [9.17, 15) is 0 Å². The Morgan fingerprint density at radius 2 is 2.11 bits per heavy atom. The van der Waals surface area contributed by atoms with Gasteiger partial charge in [0.15, 0.2) is 0 Å². The second-order valence-corrected chi connectivity index (χ2v) is 5.99. The lowest BCUT2D eigenvalue weighted by molar-refractivity contribution is 0.317. The van der Waals surface area contributed by atoms with Gasteiger partial charge in [-0.1, -0.05) is 19.1 Å². The molecule has 18 heavy (non-hydrogen) atoms. The highest BCUT2D eigenvalue weighted by Crippen LogP contribution is 2.34. The van der Waals surface area contributed by atoms with Gasteiger partial charge >= 0.3 is 0 Å². The first-order valence-corrected chi connectivity index (χ1v) is 7.39. The minimum absolute atomic E-state index is 0.0890. The Bertz CT molecular complexity index is 507. The van der Waals surface area contributed by atoms with Crippen molar-refractivity contribution >= 4 is 22.9 Å². The van der Waals surface area contributed by atoms with E-state index in [2.05, 4.69) is 26.0 Å². The number of aryl methyl sites for hydroxylation is 1. The van der Waals surface area contributed by atoms with Gasteiger partial charge in [-0.05, 0) is 43.2 Å². The molecular weight excluding hydrogens is 264 g/mol. The van der Waals surface area contributed by atoms with E-state index in [1.165, 1.54) is 9.75 Å². The third kappa shape index (κ3) is 3.27. The van der Waals surface area contributed by atoms with Crippen molar-refractivity contribution in [1.29, 1.82) is 0 Å². The summed E-state index contributed by atoms with van der Waals surface area (Å²) in [5.41, 5.74) is 1.09. The summed E-state index contributed by atoms with van der Waals surface area (Å²) in [6, 6.07) is 12.2. The molecule has 1 atom stereocenters. The highest BCUT2D eigenvalue weighted by atomic mass is 35.5. The van der Waals surface area contributed by atoms with Crippen LogP contribution in [0, 0.1) is 6.92 Å². The molecule has 0 spiro atoms. The second-order valence-electron chi connectivity index (χ2n) is 4.23. The van der Waals surface area contributed by atoms with Crippen LogP contribution in [0.25, 0.3) is 0 Å². The Kier molecular flexibility index (Phi) is 4.67. The van der Waals surface area contributed by atoms with E-state index in [1.807, 2.05) is 24.3 Å². The molecule has 1 nitrogen and oxygen atoms in total. The molecule has 1 heterocycles. The summed E-state index contributed by atoms with van der Waals surface area (Å²) in [6.07, 6.45) is 1.01. The largest absolute Gasteiger partial charge is 0.494 e. The Balaban J connectivity index is 2.17. The lowest BCUT2D eigenvalue weighted by atomic mass is 10.1. The monoisotopic (exact) mass is 280 g/mol. The number of thiophene rings is 1. The Morgan fingerprint density at radius 1 is 1.28 bits per heavy atom. The first-order chi connectivity index (χ1) is 8.70. The molecule has 96 valence electrons. The van der Waals surface area contributed by atoms with Gasteiger partial charge in [0.1, 0.15) is 5.75 Å². The van der Waals surface area contributed by atoms with Crippen LogP contribution in [-0.2, 0) is 0 Å². The molecule has 0 aliphatic rings. The van der Waals surface area contributed by atoms with E-state index < -0.39 is 0 Å². The molecule has 3 heteroatoms. The van der Waals surface area contributed by atoms with Crippen LogP contribution in [0.1, 0.15) is 34.0 Å². The average molecular weight is 281 g/mol. The fourth-order valence-corrected chi connectivity index (χ4v) is 2.96. The van der Waals surface area contributed by atoms with Crippen molar-refractivity contribution in [3.05, 3.63) is 51.7 Å². The van der Waals surface area contributed by atoms with E-state index in [4.69, 9.17) is 16.3 Å². The summed E-state index contributed by atoms with van der Waals surface area (Å²) in [7, 11) is 0. The van der Waals surface area contributed by atoms with E-state index >= 15 is 0 Å². The molecule has 1 aromatic carbocycles. The van der Waals surface area contributed by atoms with Crippen molar-refractivity contribution in [2.24, 2.45) is 0 Å². The van der Waals surface area contributed by atoms with Gasteiger partial charge in [-0.15, -0.1) is 22.9 Å². The first-order valence-electron chi connectivity index (χ1n) is 6.14. The fourth-order valence-electron chi connectivity index (χ4n) is 1.74. The van der Waals surface area contributed by atoms with Crippen LogP contribution in [0.4, 0.5) is 0 Å². The molecule has 0 saturated heterocycles. The number of hydrogen-bond acceptors (Lipinski definition) is 2. The molecule has 0 radical (unpaired) electrons. The van der Waals surface area contributed by atoms with Crippen molar-refractivity contribution in [3.8, 4) is 5.75 Å². The quantitative estimate of drug-likeness (QED) is 0.686. The molecule has 0 saturated carbocycles. The van der Waals surface area contributed by atoms with Crippen LogP contribution < -0.4 is 4.74 Å². The molecule has 0 N–H and O–H groups in total. The number of benzene rings is 1. The summed E-state index contributed by atoms with van der Waals surface area (Å²) in [4.78, 5) is 2.47. The predicted octanol–water partition coefficient (Wildman–Crippen LogP) is 5.17. The lowest BCUT2D eigenvalue weighted by Crippen LogP contribution is -1.96. The molecular formula is C15H17ClOS. The third-order valence-electron chi connectivity index (χ3n) is 2.63. The minimum atomic E-state index is -0.0890. The maximum atomic E-state index is 6.51. The average Bonchev–Trinajstić information content (AvgIpc) is 2.82. The normalized spacial score (nSPS) is 12.4. The smallest absolute Gasteiger partial charge is 0.119 e. The summed E-state index contributed by atoms with van der Waals surface area (Å²) >= 11 is 8.25. The van der Waals surface area contributed by atoms with Crippen LogP contribution >= 0.6 is 22.9 Å². The zero-order valence-corrected chi connectivity index (χ0v) is 12.2. The fraction of sp³-hybridized carbons (Fsp3) is 0.333.